The Kier molecular flexibility index (Phi) is 7.81. The summed E-state index contributed by atoms with van der Waals surface area (Å²) in [5.41, 5.74) is 0. The van der Waals surface area contributed by atoms with Crippen molar-refractivity contribution in [2.24, 2.45) is 0 Å². The molecule has 0 bridgehead atoms. The molecule has 0 aliphatic heterocycles. The minimum absolute atomic E-state index is 0. The zero-order chi connectivity index (χ0) is 7.07. The molecule has 0 nitrogen and oxygen atoms in total. The van der Waals surface area contributed by atoms with E-state index in [0.29, 0.717) is 0 Å². The molecule has 0 fully saturated rings. The summed E-state index contributed by atoms with van der Waals surface area (Å²) in [6.07, 6.45) is 20.0. The number of hydrogen-bond donors (Lipinski definition) is 0. The van der Waals surface area contributed by atoms with Crippen LogP contribution in [-0.2, 0) is 25.8 Å². The zero-order valence-corrected chi connectivity index (χ0v) is 9.97. The Hall–Kier alpha value is -0.170. The van der Waals surface area contributed by atoms with E-state index < -0.39 is 0 Å². The van der Waals surface area contributed by atoms with Crippen LogP contribution in [0.1, 0.15) is 12.8 Å². The molecule has 56 valence electrons. The van der Waals surface area contributed by atoms with Crippen molar-refractivity contribution in [3.05, 3.63) is 48.6 Å². The molecule has 0 aromatic heterocycles. The van der Waals surface area contributed by atoms with Gasteiger partial charge in [0.2, 0.25) is 0 Å². The van der Waals surface area contributed by atoms with Gasteiger partial charge in [-0.2, -0.15) is 12.2 Å². The van der Waals surface area contributed by atoms with Crippen LogP contribution in [0.4, 0.5) is 0 Å². The van der Waals surface area contributed by atoms with E-state index in [2.05, 4.69) is 24.3 Å². The quantitative estimate of drug-likeness (QED) is 0.477. The van der Waals surface area contributed by atoms with Crippen LogP contribution in [0, 0.1) is 12.2 Å². The van der Waals surface area contributed by atoms with Crippen LogP contribution in [-0.4, -0.2) is 0 Å². The standard InChI is InChI=1S/2C5H5.Hf/c2*1-2-4-5-3-1;/h2*1-3H,4H2;/q2*-1;. The van der Waals surface area contributed by atoms with Crippen molar-refractivity contribution in [1.29, 1.82) is 0 Å². The Morgan fingerprint density at radius 3 is 1.36 bits per heavy atom. The van der Waals surface area contributed by atoms with Gasteiger partial charge in [0, 0.05) is 25.8 Å². The fourth-order valence-electron chi connectivity index (χ4n) is 0.680. The normalized spacial score (nSPS) is 16.0. The summed E-state index contributed by atoms with van der Waals surface area (Å²) in [7, 11) is 0. The molecule has 2 aliphatic carbocycles. The molecule has 0 aromatic rings. The Labute approximate surface area is 87.2 Å². The van der Waals surface area contributed by atoms with Crippen LogP contribution >= 0.6 is 0 Å². The van der Waals surface area contributed by atoms with Gasteiger partial charge in [-0.1, -0.05) is 0 Å². The largest absolute Gasteiger partial charge is 0.273 e. The Balaban J connectivity index is 0.000000167. The van der Waals surface area contributed by atoms with Crippen molar-refractivity contribution >= 4 is 0 Å². The van der Waals surface area contributed by atoms with Gasteiger partial charge in [-0.3, -0.25) is 12.2 Å². The molecule has 0 radical (unpaired) electrons. The van der Waals surface area contributed by atoms with Gasteiger partial charge in [-0.15, -0.1) is 12.8 Å². The van der Waals surface area contributed by atoms with E-state index in [1.165, 1.54) is 0 Å². The predicted molar refractivity (Wildman–Crippen MR) is 43.1 cm³/mol. The maximum absolute atomic E-state index is 2.99. The molecule has 0 saturated heterocycles. The summed E-state index contributed by atoms with van der Waals surface area (Å²) in [5.74, 6) is 0. The molecule has 2 aliphatic rings. The average molecular weight is 309 g/mol. The molecule has 0 amide bonds. The third kappa shape index (κ3) is 6.24. The minimum atomic E-state index is 0. The Bertz CT molecular complexity index is 143. The minimum Gasteiger partial charge on any atom is -0.273 e. The third-order valence-electron chi connectivity index (χ3n) is 1.17. The van der Waals surface area contributed by atoms with E-state index in [4.69, 9.17) is 0 Å². The molecule has 11 heavy (non-hydrogen) atoms. The van der Waals surface area contributed by atoms with Gasteiger partial charge in [-0.25, -0.2) is 24.3 Å². The molecule has 0 heterocycles. The number of hydrogen-bond acceptors (Lipinski definition) is 0. The molecule has 0 N–H and O–H groups in total. The van der Waals surface area contributed by atoms with Crippen LogP contribution in [0.3, 0.4) is 0 Å². The SMILES string of the molecule is [C-]1=CC=CC1.[C-]1=CC=CC1.[Hf]. The molecular weight excluding hydrogens is 299 g/mol. The van der Waals surface area contributed by atoms with E-state index in [-0.39, 0.29) is 25.8 Å². The first kappa shape index (κ1) is 10.8. The van der Waals surface area contributed by atoms with Gasteiger partial charge in [0.25, 0.3) is 0 Å². The number of rotatable bonds is 0. The first-order valence-electron chi connectivity index (χ1n) is 3.43. The molecular formula is C10H10Hf-2. The van der Waals surface area contributed by atoms with E-state index in [1.807, 2.05) is 24.3 Å². The molecule has 1 heteroatoms. The van der Waals surface area contributed by atoms with E-state index >= 15 is 0 Å². The topological polar surface area (TPSA) is 0 Å². The van der Waals surface area contributed by atoms with Crippen LogP contribution in [0.15, 0.2) is 36.5 Å². The van der Waals surface area contributed by atoms with Crippen LogP contribution in [0.2, 0.25) is 0 Å². The van der Waals surface area contributed by atoms with Crippen molar-refractivity contribution in [3.8, 4) is 0 Å². The van der Waals surface area contributed by atoms with Gasteiger partial charge < -0.3 is 0 Å². The second-order valence-electron chi connectivity index (χ2n) is 2.01. The summed E-state index contributed by atoms with van der Waals surface area (Å²) in [6.45, 7) is 0. The van der Waals surface area contributed by atoms with Crippen molar-refractivity contribution in [3.63, 3.8) is 0 Å². The van der Waals surface area contributed by atoms with Crippen molar-refractivity contribution < 1.29 is 25.8 Å². The molecule has 0 atom stereocenters. The molecule has 0 saturated carbocycles. The van der Waals surface area contributed by atoms with Gasteiger partial charge in [0.15, 0.2) is 0 Å². The summed E-state index contributed by atoms with van der Waals surface area (Å²) in [4.78, 5) is 0. The molecule has 0 aromatic carbocycles. The number of allylic oxidation sites excluding steroid dienone is 8. The van der Waals surface area contributed by atoms with E-state index in [9.17, 15) is 0 Å². The summed E-state index contributed by atoms with van der Waals surface area (Å²) < 4.78 is 0. The molecule has 2 rings (SSSR count). The average Bonchev–Trinajstić information content (AvgIpc) is 2.67. The van der Waals surface area contributed by atoms with Crippen LogP contribution in [0.5, 0.6) is 0 Å². The monoisotopic (exact) mass is 310 g/mol. The molecule has 0 spiro atoms. The molecule has 0 unspecified atom stereocenters. The smallest absolute Gasteiger partial charge is 0 e. The van der Waals surface area contributed by atoms with Crippen molar-refractivity contribution in [2.45, 2.75) is 12.8 Å². The fraction of sp³-hybridized carbons (Fsp3) is 0.200. The Morgan fingerprint density at radius 2 is 1.27 bits per heavy atom. The first-order chi connectivity index (χ1) is 5.00. The second kappa shape index (κ2) is 7.93. The summed E-state index contributed by atoms with van der Waals surface area (Å²) >= 11 is 0. The van der Waals surface area contributed by atoms with Crippen molar-refractivity contribution in [1.82, 2.24) is 0 Å². The van der Waals surface area contributed by atoms with Gasteiger partial charge in [0.05, 0.1) is 0 Å². The van der Waals surface area contributed by atoms with Gasteiger partial charge >= 0.3 is 0 Å². The maximum atomic E-state index is 2.99. The van der Waals surface area contributed by atoms with E-state index in [1.54, 1.807) is 0 Å². The maximum Gasteiger partial charge on any atom is 0 e. The predicted octanol–water partition coefficient (Wildman–Crippen LogP) is 2.61. The first-order valence-corrected chi connectivity index (χ1v) is 3.43. The second-order valence-corrected chi connectivity index (χ2v) is 2.01. The van der Waals surface area contributed by atoms with Gasteiger partial charge in [0.1, 0.15) is 0 Å². The van der Waals surface area contributed by atoms with Crippen LogP contribution < -0.4 is 0 Å². The van der Waals surface area contributed by atoms with Gasteiger partial charge in [-0.05, 0) is 0 Å². The van der Waals surface area contributed by atoms with E-state index in [0.717, 1.165) is 12.8 Å². The summed E-state index contributed by atoms with van der Waals surface area (Å²) in [6, 6.07) is 0. The zero-order valence-electron chi connectivity index (χ0n) is 6.38. The fourth-order valence-corrected chi connectivity index (χ4v) is 0.680. The van der Waals surface area contributed by atoms with Crippen LogP contribution in [0.25, 0.3) is 0 Å². The Morgan fingerprint density at radius 1 is 0.818 bits per heavy atom. The van der Waals surface area contributed by atoms with Crippen molar-refractivity contribution in [2.75, 3.05) is 0 Å². The third-order valence-corrected chi connectivity index (χ3v) is 1.17. The summed E-state index contributed by atoms with van der Waals surface area (Å²) in [5, 5.41) is 0.